The zero-order valence-corrected chi connectivity index (χ0v) is 12.4. The molecular formula is C12H20O10. The number of carboxylic acids is 3. The summed E-state index contributed by atoms with van der Waals surface area (Å²) in [5, 5.41) is 38.2. The molecule has 0 aromatic heterocycles. The molecule has 10 heteroatoms. The maximum atomic E-state index is 11.6. The summed E-state index contributed by atoms with van der Waals surface area (Å²) in [5.74, 6) is -9.19. The number of carboxylic acid groups (broad SMARTS) is 3. The Morgan fingerprint density at radius 1 is 0.909 bits per heavy atom. The molecule has 0 rings (SSSR count). The van der Waals surface area contributed by atoms with Gasteiger partial charge in [0.2, 0.25) is 6.10 Å². The second-order valence-electron chi connectivity index (χ2n) is 4.03. The van der Waals surface area contributed by atoms with E-state index < -0.39 is 35.4 Å². The number of rotatable bonds is 11. The maximum absolute atomic E-state index is 11.6. The lowest BCUT2D eigenvalue weighted by atomic mass is 9.85. The SMILES string of the molecule is CCOC(C(=O)O)C(O)(C(=O)O)C(OCC)(OCC)C(=O)O. The van der Waals surface area contributed by atoms with E-state index in [9.17, 15) is 29.7 Å². The average Bonchev–Trinajstić information content (AvgIpc) is 2.42. The molecule has 0 aromatic carbocycles. The van der Waals surface area contributed by atoms with Gasteiger partial charge in [-0.1, -0.05) is 0 Å². The van der Waals surface area contributed by atoms with Gasteiger partial charge in [0.15, 0.2) is 0 Å². The number of hydrogen-bond acceptors (Lipinski definition) is 7. The molecule has 128 valence electrons. The first-order valence-corrected chi connectivity index (χ1v) is 6.47. The fourth-order valence-corrected chi connectivity index (χ4v) is 1.92. The van der Waals surface area contributed by atoms with Gasteiger partial charge in [-0.15, -0.1) is 0 Å². The summed E-state index contributed by atoms with van der Waals surface area (Å²) in [6.45, 7) is 2.99. The summed E-state index contributed by atoms with van der Waals surface area (Å²) in [6.07, 6.45) is -2.43. The van der Waals surface area contributed by atoms with Gasteiger partial charge in [0.25, 0.3) is 5.60 Å². The normalized spacial score (nSPS) is 15.8. The first-order valence-electron chi connectivity index (χ1n) is 6.47. The Morgan fingerprint density at radius 2 is 1.36 bits per heavy atom. The fourth-order valence-electron chi connectivity index (χ4n) is 1.92. The van der Waals surface area contributed by atoms with Gasteiger partial charge < -0.3 is 34.6 Å². The Labute approximate surface area is 126 Å². The largest absolute Gasteiger partial charge is 0.479 e. The van der Waals surface area contributed by atoms with E-state index in [4.69, 9.17) is 19.3 Å². The molecule has 0 heterocycles. The molecule has 2 unspecified atom stereocenters. The number of hydrogen-bond donors (Lipinski definition) is 4. The summed E-state index contributed by atoms with van der Waals surface area (Å²) in [7, 11) is 0. The molecule has 0 fully saturated rings. The topological polar surface area (TPSA) is 160 Å². The van der Waals surface area contributed by atoms with Crippen LogP contribution in [0.25, 0.3) is 0 Å². The Hall–Kier alpha value is -1.75. The van der Waals surface area contributed by atoms with Crippen molar-refractivity contribution >= 4 is 17.9 Å². The van der Waals surface area contributed by atoms with E-state index in [0.717, 1.165) is 0 Å². The van der Waals surface area contributed by atoms with Crippen LogP contribution in [0.5, 0.6) is 0 Å². The second kappa shape index (κ2) is 8.03. The highest BCUT2D eigenvalue weighted by molar-refractivity contribution is 5.95. The molecule has 0 saturated carbocycles. The molecule has 0 saturated heterocycles. The first-order chi connectivity index (χ1) is 10.2. The highest BCUT2D eigenvalue weighted by atomic mass is 16.7. The van der Waals surface area contributed by atoms with Crippen molar-refractivity contribution in [3.05, 3.63) is 0 Å². The van der Waals surface area contributed by atoms with Crippen molar-refractivity contribution in [2.24, 2.45) is 0 Å². The Bertz CT molecular complexity index is 414. The molecule has 0 aromatic rings. The van der Waals surface area contributed by atoms with Gasteiger partial charge in [0.1, 0.15) is 0 Å². The number of aliphatic hydroxyl groups is 1. The highest BCUT2D eigenvalue weighted by Gasteiger charge is 2.70. The lowest BCUT2D eigenvalue weighted by molar-refractivity contribution is -0.322. The van der Waals surface area contributed by atoms with Crippen LogP contribution >= 0.6 is 0 Å². The summed E-state index contributed by atoms with van der Waals surface area (Å²) in [4.78, 5) is 34.4. The van der Waals surface area contributed by atoms with Gasteiger partial charge >= 0.3 is 23.7 Å². The van der Waals surface area contributed by atoms with Crippen molar-refractivity contribution in [2.45, 2.75) is 38.3 Å². The van der Waals surface area contributed by atoms with E-state index in [1.54, 1.807) is 0 Å². The van der Waals surface area contributed by atoms with Gasteiger partial charge in [-0.25, -0.2) is 14.4 Å². The van der Waals surface area contributed by atoms with Gasteiger partial charge in [-0.3, -0.25) is 0 Å². The molecule has 22 heavy (non-hydrogen) atoms. The summed E-state index contributed by atoms with van der Waals surface area (Å²) < 4.78 is 14.4. The van der Waals surface area contributed by atoms with Crippen LogP contribution in [-0.2, 0) is 28.6 Å². The van der Waals surface area contributed by atoms with E-state index in [1.807, 2.05) is 0 Å². The van der Waals surface area contributed by atoms with Crippen LogP contribution in [0.2, 0.25) is 0 Å². The molecule has 4 N–H and O–H groups in total. The van der Waals surface area contributed by atoms with Crippen molar-refractivity contribution in [1.82, 2.24) is 0 Å². The van der Waals surface area contributed by atoms with Crippen LogP contribution in [0.15, 0.2) is 0 Å². The van der Waals surface area contributed by atoms with Gasteiger partial charge in [-0.2, -0.15) is 0 Å². The van der Waals surface area contributed by atoms with Crippen LogP contribution < -0.4 is 0 Å². The van der Waals surface area contributed by atoms with Crippen LogP contribution in [0.1, 0.15) is 20.8 Å². The van der Waals surface area contributed by atoms with Crippen molar-refractivity contribution < 1.29 is 49.0 Å². The van der Waals surface area contributed by atoms with Crippen LogP contribution in [0, 0.1) is 0 Å². The third kappa shape index (κ3) is 3.35. The minimum Gasteiger partial charge on any atom is -0.479 e. The van der Waals surface area contributed by atoms with Gasteiger partial charge in [0.05, 0.1) is 0 Å². The van der Waals surface area contributed by atoms with Crippen LogP contribution in [-0.4, -0.2) is 75.6 Å². The van der Waals surface area contributed by atoms with E-state index in [0.29, 0.717) is 0 Å². The molecule has 10 nitrogen and oxygen atoms in total. The molecular weight excluding hydrogens is 304 g/mol. The van der Waals surface area contributed by atoms with Crippen molar-refractivity contribution in [3.63, 3.8) is 0 Å². The average molecular weight is 324 g/mol. The van der Waals surface area contributed by atoms with Gasteiger partial charge in [0, 0.05) is 19.8 Å². The van der Waals surface area contributed by atoms with Crippen LogP contribution in [0.3, 0.4) is 0 Å². The van der Waals surface area contributed by atoms with Crippen molar-refractivity contribution in [1.29, 1.82) is 0 Å². The second-order valence-corrected chi connectivity index (χ2v) is 4.03. The zero-order valence-electron chi connectivity index (χ0n) is 12.4. The molecule has 0 amide bonds. The predicted molar refractivity (Wildman–Crippen MR) is 69.3 cm³/mol. The molecule has 0 aliphatic carbocycles. The molecule has 0 aliphatic heterocycles. The maximum Gasteiger partial charge on any atom is 0.368 e. The number of ether oxygens (including phenoxy) is 3. The predicted octanol–water partition coefficient (Wildman–Crippen LogP) is -0.854. The van der Waals surface area contributed by atoms with E-state index in [-0.39, 0.29) is 19.8 Å². The monoisotopic (exact) mass is 324 g/mol. The molecule has 0 aliphatic rings. The molecule has 0 radical (unpaired) electrons. The zero-order chi connectivity index (χ0) is 17.6. The van der Waals surface area contributed by atoms with E-state index >= 15 is 0 Å². The van der Waals surface area contributed by atoms with Crippen LogP contribution in [0.4, 0.5) is 0 Å². The third-order valence-electron chi connectivity index (χ3n) is 2.74. The fraction of sp³-hybridized carbons (Fsp3) is 0.750. The van der Waals surface area contributed by atoms with E-state index in [2.05, 4.69) is 0 Å². The summed E-state index contributed by atoms with van der Waals surface area (Å²) in [6, 6.07) is 0. The highest BCUT2D eigenvalue weighted by Crippen LogP contribution is 2.34. The lowest BCUT2D eigenvalue weighted by Crippen LogP contribution is -2.73. The smallest absolute Gasteiger partial charge is 0.368 e. The summed E-state index contributed by atoms with van der Waals surface area (Å²) >= 11 is 0. The van der Waals surface area contributed by atoms with Crippen molar-refractivity contribution in [3.8, 4) is 0 Å². The Kier molecular flexibility index (Phi) is 7.39. The van der Waals surface area contributed by atoms with Crippen molar-refractivity contribution in [2.75, 3.05) is 19.8 Å². The molecule has 2 atom stereocenters. The number of carbonyl (C=O) groups is 3. The van der Waals surface area contributed by atoms with Gasteiger partial charge in [-0.05, 0) is 20.8 Å². The van der Waals surface area contributed by atoms with E-state index in [1.165, 1.54) is 20.8 Å². The first kappa shape index (κ1) is 20.2. The minimum atomic E-state index is -3.52. The Balaban J connectivity index is 6.37. The standard InChI is InChI=1S/C12H20O10/c1-4-20-7(8(13)14)11(19,9(15)16)12(10(17)18,21-5-2)22-6-3/h7,19H,4-6H2,1-3H3,(H,13,14)(H,15,16)(H,17,18). The Morgan fingerprint density at radius 3 is 1.59 bits per heavy atom. The third-order valence-corrected chi connectivity index (χ3v) is 2.74. The molecule has 0 spiro atoms. The minimum absolute atomic E-state index is 0.291. The lowest BCUT2D eigenvalue weighted by Gasteiger charge is -2.42. The summed E-state index contributed by atoms with van der Waals surface area (Å²) in [5.41, 5.74) is -3.52. The molecule has 0 bridgehead atoms. The quantitative estimate of drug-likeness (QED) is 0.352. The number of aliphatic carboxylic acids is 3.